The van der Waals surface area contributed by atoms with Gasteiger partial charge in [0.05, 0.1) is 24.9 Å². The number of nitrogens with zero attached hydrogens (tertiary/aromatic N) is 4. The molecular formula is C14H23N5O. The van der Waals surface area contributed by atoms with Crippen LogP contribution in [-0.2, 0) is 6.54 Å². The lowest BCUT2D eigenvalue weighted by Crippen LogP contribution is -2.40. The molecule has 2 aromatic heterocycles. The molecule has 0 aliphatic carbocycles. The SMILES string of the molecule is Cc1cnn([C@H](C)[C@H](C)NC[C@H](O)Cn2cccn2)c1. The Hall–Kier alpha value is -1.66. The van der Waals surface area contributed by atoms with Crippen molar-refractivity contribution in [1.29, 1.82) is 0 Å². The summed E-state index contributed by atoms with van der Waals surface area (Å²) in [6.07, 6.45) is 7.00. The summed E-state index contributed by atoms with van der Waals surface area (Å²) in [5.74, 6) is 0. The van der Waals surface area contributed by atoms with Crippen LogP contribution in [0, 0.1) is 6.92 Å². The average Bonchev–Trinajstić information content (AvgIpc) is 3.06. The van der Waals surface area contributed by atoms with E-state index in [-0.39, 0.29) is 12.1 Å². The fourth-order valence-electron chi connectivity index (χ4n) is 2.07. The molecule has 0 fully saturated rings. The molecule has 0 unspecified atom stereocenters. The van der Waals surface area contributed by atoms with Gasteiger partial charge in [-0.25, -0.2) is 0 Å². The van der Waals surface area contributed by atoms with Crippen molar-refractivity contribution in [2.24, 2.45) is 0 Å². The molecule has 2 aromatic rings. The lowest BCUT2D eigenvalue weighted by Gasteiger charge is -2.23. The third-order valence-corrected chi connectivity index (χ3v) is 3.50. The zero-order valence-corrected chi connectivity index (χ0v) is 12.3. The van der Waals surface area contributed by atoms with Gasteiger partial charge >= 0.3 is 0 Å². The van der Waals surface area contributed by atoms with E-state index in [1.165, 1.54) is 0 Å². The molecule has 0 bridgehead atoms. The number of aromatic nitrogens is 4. The lowest BCUT2D eigenvalue weighted by atomic mass is 10.1. The Morgan fingerprint density at radius 3 is 2.75 bits per heavy atom. The predicted molar refractivity (Wildman–Crippen MR) is 77.4 cm³/mol. The van der Waals surface area contributed by atoms with Gasteiger partial charge in [0.1, 0.15) is 0 Å². The molecule has 3 atom stereocenters. The van der Waals surface area contributed by atoms with E-state index in [0.717, 1.165) is 5.56 Å². The summed E-state index contributed by atoms with van der Waals surface area (Å²) in [5, 5.41) is 21.7. The van der Waals surface area contributed by atoms with E-state index in [0.29, 0.717) is 13.1 Å². The summed E-state index contributed by atoms with van der Waals surface area (Å²) in [5.41, 5.74) is 1.16. The molecule has 0 saturated heterocycles. The standard InChI is InChI=1S/C14H23N5O/c1-11-7-17-19(9-11)13(3)12(2)15-8-14(20)10-18-6-4-5-16-18/h4-7,9,12-15,20H,8,10H2,1-3H3/t12-,13+,14-/m0/s1. The second kappa shape index (κ2) is 6.67. The molecule has 6 heteroatoms. The summed E-state index contributed by atoms with van der Waals surface area (Å²) in [6.45, 7) is 7.28. The Balaban J connectivity index is 1.78. The zero-order chi connectivity index (χ0) is 14.5. The molecule has 20 heavy (non-hydrogen) atoms. The number of hydrogen-bond donors (Lipinski definition) is 2. The van der Waals surface area contributed by atoms with Gasteiger partial charge in [0, 0.05) is 31.2 Å². The topological polar surface area (TPSA) is 67.9 Å². The van der Waals surface area contributed by atoms with Crippen LogP contribution >= 0.6 is 0 Å². The number of aryl methyl sites for hydroxylation is 1. The number of nitrogens with one attached hydrogen (secondary N) is 1. The maximum atomic E-state index is 9.98. The van der Waals surface area contributed by atoms with Crippen LogP contribution in [0.2, 0.25) is 0 Å². The van der Waals surface area contributed by atoms with Crippen molar-refractivity contribution in [2.75, 3.05) is 6.54 Å². The van der Waals surface area contributed by atoms with Gasteiger partial charge in [-0.1, -0.05) is 0 Å². The lowest BCUT2D eigenvalue weighted by molar-refractivity contribution is 0.140. The monoisotopic (exact) mass is 277 g/mol. The van der Waals surface area contributed by atoms with Crippen molar-refractivity contribution in [1.82, 2.24) is 24.9 Å². The minimum absolute atomic E-state index is 0.224. The molecule has 0 amide bonds. The highest BCUT2D eigenvalue weighted by Gasteiger charge is 2.15. The smallest absolute Gasteiger partial charge is 0.0860 e. The van der Waals surface area contributed by atoms with Crippen LogP contribution in [0.15, 0.2) is 30.9 Å². The van der Waals surface area contributed by atoms with Gasteiger partial charge in [-0.05, 0) is 32.4 Å². The van der Waals surface area contributed by atoms with Crippen molar-refractivity contribution in [3.05, 3.63) is 36.4 Å². The first-order chi connectivity index (χ1) is 9.56. The molecule has 0 aliphatic heterocycles. The van der Waals surface area contributed by atoms with E-state index in [1.54, 1.807) is 10.9 Å². The number of hydrogen-bond acceptors (Lipinski definition) is 4. The Morgan fingerprint density at radius 1 is 1.35 bits per heavy atom. The summed E-state index contributed by atoms with van der Waals surface area (Å²) < 4.78 is 3.68. The summed E-state index contributed by atoms with van der Waals surface area (Å²) in [4.78, 5) is 0. The van der Waals surface area contributed by atoms with E-state index < -0.39 is 6.10 Å². The largest absolute Gasteiger partial charge is 0.390 e. The van der Waals surface area contributed by atoms with Gasteiger partial charge in [-0.15, -0.1) is 0 Å². The van der Waals surface area contributed by atoms with Gasteiger partial charge in [-0.3, -0.25) is 9.36 Å². The zero-order valence-electron chi connectivity index (χ0n) is 12.3. The molecule has 0 spiro atoms. The van der Waals surface area contributed by atoms with E-state index >= 15 is 0 Å². The maximum Gasteiger partial charge on any atom is 0.0860 e. The number of aliphatic hydroxyl groups is 1. The van der Waals surface area contributed by atoms with E-state index in [4.69, 9.17) is 0 Å². The molecule has 2 heterocycles. The Morgan fingerprint density at radius 2 is 2.15 bits per heavy atom. The predicted octanol–water partition coefficient (Wildman–Crippen LogP) is 0.988. The summed E-state index contributed by atoms with van der Waals surface area (Å²) in [6, 6.07) is 2.31. The normalized spacial score (nSPS) is 16.0. The fourth-order valence-corrected chi connectivity index (χ4v) is 2.07. The first-order valence-corrected chi connectivity index (χ1v) is 6.96. The van der Waals surface area contributed by atoms with Crippen LogP contribution < -0.4 is 5.32 Å². The van der Waals surface area contributed by atoms with Crippen LogP contribution in [0.1, 0.15) is 25.5 Å². The van der Waals surface area contributed by atoms with Gasteiger partial charge in [-0.2, -0.15) is 10.2 Å². The van der Waals surface area contributed by atoms with E-state index in [1.807, 2.05) is 36.3 Å². The summed E-state index contributed by atoms with van der Waals surface area (Å²) >= 11 is 0. The summed E-state index contributed by atoms with van der Waals surface area (Å²) in [7, 11) is 0. The van der Waals surface area contributed by atoms with E-state index in [2.05, 4.69) is 29.4 Å². The van der Waals surface area contributed by atoms with Crippen molar-refractivity contribution >= 4 is 0 Å². The number of aliphatic hydroxyl groups excluding tert-OH is 1. The molecular weight excluding hydrogens is 254 g/mol. The van der Waals surface area contributed by atoms with Crippen LogP contribution in [0.25, 0.3) is 0 Å². The molecule has 6 nitrogen and oxygen atoms in total. The van der Waals surface area contributed by atoms with Gasteiger partial charge < -0.3 is 10.4 Å². The maximum absolute atomic E-state index is 9.98. The van der Waals surface area contributed by atoms with Crippen molar-refractivity contribution < 1.29 is 5.11 Å². The Kier molecular flexibility index (Phi) is 4.92. The molecule has 0 saturated carbocycles. The fraction of sp³-hybridized carbons (Fsp3) is 0.571. The third-order valence-electron chi connectivity index (χ3n) is 3.50. The molecule has 0 aliphatic rings. The van der Waals surface area contributed by atoms with Crippen LogP contribution in [0.3, 0.4) is 0 Å². The minimum Gasteiger partial charge on any atom is -0.390 e. The van der Waals surface area contributed by atoms with Crippen molar-refractivity contribution in [2.45, 2.75) is 45.5 Å². The highest BCUT2D eigenvalue weighted by molar-refractivity contribution is 5.00. The average molecular weight is 277 g/mol. The molecule has 0 radical (unpaired) electrons. The molecule has 0 aromatic carbocycles. The van der Waals surface area contributed by atoms with Gasteiger partial charge in [0.25, 0.3) is 0 Å². The second-order valence-electron chi connectivity index (χ2n) is 5.32. The number of rotatable bonds is 7. The van der Waals surface area contributed by atoms with Gasteiger partial charge in [0.15, 0.2) is 0 Å². The first kappa shape index (κ1) is 14.7. The van der Waals surface area contributed by atoms with Crippen molar-refractivity contribution in [3.63, 3.8) is 0 Å². The van der Waals surface area contributed by atoms with Crippen LogP contribution in [0.4, 0.5) is 0 Å². The second-order valence-corrected chi connectivity index (χ2v) is 5.32. The quantitative estimate of drug-likeness (QED) is 0.792. The molecule has 110 valence electrons. The Bertz CT molecular complexity index is 507. The highest BCUT2D eigenvalue weighted by atomic mass is 16.3. The van der Waals surface area contributed by atoms with E-state index in [9.17, 15) is 5.11 Å². The minimum atomic E-state index is -0.455. The molecule has 2 N–H and O–H groups in total. The highest BCUT2D eigenvalue weighted by Crippen LogP contribution is 2.10. The Labute approximate surface area is 119 Å². The van der Waals surface area contributed by atoms with Crippen molar-refractivity contribution in [3.8, 4) is 0 Å². The molecule has 2 rings (SSSR count). The van der Waals surface area contributed by atoms with Crippen LogP contribution in [0.5, 0.6) is 0 Å². The third kappa shape index (κ3) is 3.91. The van der Waals surface area contributed by atoms with Crippen LogP contribution in [-0.4, -0.2) is 43.4 Å². The van der Waals surface area contributed by atoms with Gasteiger partial charge in [0.2, 0.25) is 0 Å². The first-order valence-electron chi connectivity index (χ1n) is 6.96.